The quantitative estimate of drug-likeness (QED) is 0.935. The van der Waals surface area contributed by atoms with Gasteiger partial charge < -0.3 is 10.1 Å². The van der Waals surface area contributed by atoms with Gasteiger partial charge in [0, 0.05) is 49.7 Å². The Morgan fingerprint density at radius 3 is 2.82 bits per heavy atom. The molecule has 1 N–H and O–H groups in total. The minimum absolute atomic E-state index is 0.297. The summed E-state index contributed by atoms with van der Waals surface area (Å²) < 4.78 is 5.53. The van der Waals surface area contributed by atoms with Crippen molar-refractivity contribution in [1.82, 2.24) is 20.2 Å². The Morgan fingerprint density at radius 2 is 2.05 bits per heavy atom. The van der Waals surface area contributed by atoms with Crippen LogP contribution in [-0.4, -0.2) is 41.6 Å². The smallest absolute Gasteiger partial charge is 0.125 e. The maximum atomic E-state index is 5.53. The fourth-order valence-electron chi connectivity index (χ4n) is 2.92. The molecule has 0 aliphatic carbocycles. The average molecular weight is 298 g/mol. The minimum Gasteiger partial charge on any atom is -0.496 e. The lowest BCUT2D eigenvalue weighted by Gasteiger charge is -2.37. The number of benzene rings is 1. The van der Waals surface area contributed by atoms with Gasteiger partial charge in [0.25, 0.3) is 0 Å². The lowest BCUT2D eigenvalue weighted by atomic mass is 10.0. The SMILES string of the molecule is COc1ccccc1C1CNCCN1Cc1cnc(C)nc1. The van der Waals surface area contributed by atoms with Crippen LogP contribution in [0.4, 0.5) is 0 Å². The molecule has 0 radical (unpaired) electrons. The summed E-state index contributed by atoms with van der Waals surface area (Å²) >= 11 is 0. The number of hydrogen-bond acceptors (Lipinski definition) is 5. The second-order valence-electron chi connectivity index (χ2n) is 5.57. The van der Waals surface area contributed by atoms with E-state index in [1.54, 1.807) is 7.11 Å². The summed E-state index contributed by atoms with van der Waals surface area (Å²) in [4.78, 5) is 11.1. The van der Waals surface area contributed by atoms with E-state index in [0.29, 0.717) is 6.04 Å². The monoisotopic (exact) mass is 298 g/mol. The molecule has 1 aromatic carbocycles. The third-order valence-electron chi connectivity index (χ3n) is 4.07. The van der Waals surface area contributed by atoms with Crippen molar-refractivity contribution >= 4 is 0 Å². The molecule has 116 valence electrons. The first-order chi connectivity index (χ1) is 10.8. The van der Waals surface area contributed by atoms with Crippen molar-refractivity contribution in [3.8, 4) is 5.75 Å². The Bertz CT molecular complexity index is 614. The second kappa shape index (κ2) is 6.85. The molecule has 1 unspecified atom stereocenters. The zero-order valence-corrected chi connectivity index (χ0v) is 13.1. The van der Waals surface area contributed by atoms with Crippen molar-refractivity contribution in [2.75, 3.05) is 26.7 Å². The molecule has 0 saturated carbocycles. The highest BCUT2D eigenvalue weighted by Gasteiger charge is 2.26. The number of rotatable bonds is 4. The number of ether oxygens (including phenoxy) is 1. The van der Waals surface area contributed by atoms with Crippen molar-refractivity contribution in [2.45, 2.75) is 19.5 Å². The van der Waals surface area contributed by atoms with E-state index >= 15 is 0 Å². The van der Waals surface area contributed by atoms with Crippen LogP contribution < -0.4 is 10.1 Å². The number of methoxy groups -OCH3 is 1. The van der Waals surface area contributed by atoms with Crippen molar-refractivity contribution in [3.05, 3.63) is 53.6 Å². The Kier molecular flexibility index (Phi) is 4.65. The first-order valence-corrected chi connectivity index (χ1v) is 7.63. The van der Waals surface area contributed by atoms with E-state index in [9.17, 15) is 0 Å². The van der Waals surface area contributed by atoms with Crippen LogP contribution in [-0.2, 0) is 6.54 Å². The van der Waals surface area contributed by atoms with Gasteiger partial charge in [-0.3, -0.25) is 4.90 Å². The summed E-state index contributed by atoms with van der Waals surface area (Å²) in [6.45, 7) is 5.68. The number of nitrogens with one attached hydrogen (secondary N) is 1. The lowest BCUT2D eigenvalue weighted by molar-refractivity contribution is 0.150. The van der Waals surface area contributed by atoms with Gasteiger partial charge in [0.15, 0.2) is 0 Å². The van der Waals surface area contributed by atoms with E-state index in [1.807, 2.05) is 31.5 Å². The van der Waals surface area contributed by atoms with Gasteiger partial charge in [-0.25, -0.2) is 9.97 Å². The lowest BCUT2D eigenvalue weighted by Crippen LogP contribution is -2.45. The van der Waals surface area contributed by atoms with Crippen molar-refractivity contribution in [2.24, 2.45) is 0 Å². The topological polar surface area (TPSA) is 50.3 Å². The molecule has 1 aliphatic rings. The van der Waals surface area contributed by atoms with Crippen LogP contribution in [0.15, 0.2) is 36.7 Å². The van der Waals surface area contributed by atoms with E-state index in [1.165, 1.54) is 5.56 Å². The molecule has 1 saturated heterocycles. The number of nitrogens with zero attached hydrogens (tertiary/aromatic N) is 3. The molecule has 1 atom stereocenters. The Morgan fingerprint density at radius 1 is 1.27 bits per heavy atom. The summed E-state index contributed by atoms with van der Waals surface area (Å²) in [5, 5.41) is 3.48. The minimum atomic E-state index is 0.297. The van der Waals surface area contributed by atoms with E-state index in [4.69, 9.17) is 4.74 Å². The summed E-state index contributed by atoms with van der Waals surface area (Å²) in [5.41, 5.74) is 2.37. The van der Waals surface area contributed by atoms with Crippen LogP contribution in [0.1, 0.15) is 23.0 Å². The molecule has 5 heteroatoms. The molecule has 1 aliphatic heterocycles. The Balaban J connectivity index is 1.83. The van der Waals surface area contributed by atoms with Gasteiger partial charge in [0.05, 0.1) is 13.2 Å². The molecule has 1 fully saturated rings. The number of piperazine rings is 1. The van der Waals surface area contributed by atoms with Gasteiger partial charge in [0.2, 0.25) is 0 Å². The largest absolute Gasteiger partial charge is 0.496 e. The molecule has 0 spiro atoms. The van der Waals surface area contributed by atoms with Gasteiger partial charge in [-0.15, -0.1) is 0 Å². The van der Waals surface area contributed by atoms with E-state index in [2.05, 4.69) is 32.3 Å². The molecule has 5 nitrogen and oxygen atoms in total. The molecule has 22 heavy (non-hydrogen) atoms. The number of para-hydroxylation sites is 1. The van der Waals surface area contributed by atoms with Crippen LogP contribution in [0.3, 0.4) is 0 Å². The van der Waals surface area contributed by atoms with Gasteiger partial charge >= 0.3 is 0 Å². The number of hydrogen-bond donors (Lipinski definition) is 1. The molecule has 0 amide bonds. The predicted molar refractivity (Wildman–Crippen MR) is 85.8 cm³/mol. The summed E-state index contributed by atoms with van der Waals surface area (Å²) in [7, 11) is 1.73. The van der Waals surface area contributed by atoms with Crippen LogP contribution in [0, 0.1) is 6.92 Å². The molecule has 2 heterocycles. The fraction of sp³-hybridized carbons (Fsp3) is 0.412. The van der Waals surface area contributed by atoms with Crippen molar-refractivity contribution in [1.29, 1.82) is 0 Å². The normalized spacial score (nSPS) is 19.1. The standard InChI is InChI=1S/C17H22N4O/c1-13-19-9-14(10-20-13)12-21-8-7-18-11-16(21)15-5-3-4-6-17(15)22-2/h3-6,9-10,16,18H,7-8,11-12H2,1-2H3. The predicted octanol–water partition coefficient (Wildman–Crippen LogP) is 1.94. The fourth-order valence-corrected chi connectivity index (χ4v) is 2.92. The van der Waals surface area contributed by atoms with Crippen LogP contribution >= 0.6 is 0 Å². The number of aryl methyl sites for hydroxylation is 1. The zero-order valence-electron chi connectivity index (χ0n) is 13.1. The van der Waals surface area contributed by atoms with Gasteiger partial charge in [-0.1, -0.05) is 18.2 Å². The van der Waals surface area contributed by atoms with Crippen LogP contribution in [0.25, 0.3) is 0 Å². The Hall–Kier alpha value is -1.98. The van der Waals surface area contributed by atoms with Crippen LogP contribution in [0.2, 0.25) is 0 Å². The van der Waals surface area contributed by atoms with Crippen molar-refractivity contribution in [3.63, 3.8) is 0 Å². The molecular weight excluding hydrogens is 276 g/mol. The maximum Gasteiger partial charge on any atom is 0.125 e. The van der Waals surface area contributed by atoms with E-state index < -0.39 is 0 Å². The molecule has 3 rings (SSSR count). The van der Waals surface area contributed by atoms with E-state index in [-0.39, 0.29) is 0 Å². The van der Waals surface area contributed by atoms with Crippen molar-refractivity contribution < 1.29 is 4.74 Å². The highest BCUT2D eigenvalue weighted by molar-refractivity contribution is 5.36. The average Bonchev–Trinajstić information content (AvgIpc) is 2.57. The first-order valence-electron chi connectivity index (χ1n) is 7.63. The van der Waals surface area contributed by atoms with E-state index in [0.717, 1.165) is 43.3 Å². The van der Waals surface area contributed by atoms with Gasteiger partial charge in [0.1, 0.15) is 11.6 Å². The third kappa shape index (κ3) is 3.26. The Labute approximate surface area is 131 Å². The highest BCUT2D eigenvalue weighted by Crippen LogP contribution is 2.30. The summed E-state index contributed by atoms with van der Waals surface area (Å²) in [6, 6.07) is 8.55. The molecule has 0 bridgehead atoms. The molecular formula is C17H22N4O. The van der Waals surface area contributed by atoms with Crippen LogP contribution in [0.5, 0.6) is 5.75 Å². The first kappa shape index (κ1) is 14.9. The maximum absolute atomic E-state index is 5.53. The van der Waals surface area contributed by atoms with Gasteiger partial charge in [-0.05, 0) is 13.0 Å². The third-order valence-corrected chi connectivity index (χ3v) is 4.07. The number of aromatic nitrogens is 2. The molecule has 1 aromatic heterocycles. The summed E-state index contributed by atoms with van der Waals surface area (Å²) in [5.74, 6) is 1.76. The zero-order chi connectivity index (χ0) is 15.4. The van der Waals surface area contributed by atoms with Gasteiger partial charge in [-0.2, -0.15) is 0 Å². The summed E-state index contributed by atoms with van der Waals surface area (Å²) in [6.07, 6.45) is 3.84. The second-order valence-corrected chi connectivity index (χ2v) is 5.57. The highest BCUT2D eigenvalue weighted by atomic mass is 16.5. The molecule has 2 aromatic rings.